The van der Waals surface area contributed by atoms with Crippen LogP contribution in [0.25, 0.3) is 0 Å². The van der Waals surface area contributed by atoms with Gasteiger partial charge >= 0.3 is 0 Å². The zero-order chi connectivity index (χ0) is 13.5. The van der Waals surface area contributed by atoms with Crippen molar-refractivity contribution in [3.05, 3.63) is 35.1 Å². The minimum absolute atomic E-state index is 0.108. The van der Waals surface area contributed by atoms with Gasteiger partial charge in [-0.25, -0.2) is 4.39 Å². The second-order valence-corrected chi connectivity index (χ2v) is 5.28. The molecule has 18 heavy (non-hydrogen) atoms. The predicted octanol–water partition coefficient (Wildman–Crippen LogP) is 3.02. The van der Waals surface area contributed by atoms with Crippen LogP contribution < -0.4 is 5.32 Å². The van der Waals surface area contributed by atoms with Crippen molar-refractivity contribution in [3.8, 4) is 0 Å². The minimum Gasteiger partial charge on any atom is -0.312 e. The van der Waals surface area contributed by atoms with Gasteiger partial charge in [-0.3, -0.25) is 0 Å². The first-order chi connectivity index (χ1) is 8.52. The minimum atomic E-state index is -0.108. The Kier molecular flexibility index (Phi) is 6.30. The summed E-state index contributed by atoms with van der Waals surface area (Å²) in [6, 6.07) is 5.40. The average molecular weight is 252 g/mol. The van der Waals surface area contributed by atoms with Crippen molar-refractivity contribution in [3.63, 3.8) is 0 Å². The highest BCUT2D eigenvalue weighted by molar-refractivity contribution is 5.25. The fraction of sp³-hybridized carbons (Fsp3) is 0.600. The van der Waals surface area contributed by atoms with Gasteiger partial charge < -0.3 is 10.2 Å². The van der Waals surface area contributed by atoms with Gasteiger partial charge in [0.2, 0.25) is 0 Å². The first kappa shape index (κ1) is 15.1. The third-order valence-electron chi connectivity index (χ3n) is 2.97. The van der Waals surface area contributed by atoms with E-state index in [-0.39, 0.29) is 5.82 Å². The molecule has 3 heteroatoms. The molecule has 0 aliphatic carbocycles. The lowest BCUT2D eigenvalue weighted by atomic mass is 10.1. The van der Waals surface area contributed by atoms with Crippen LogP contribution in [0.4, 0.5) is 4.39 Å². The van der Waals surface area contributed by atoms with Gasteiger partial charge in [0.05, 0.1) is 0 Å². The van der Waals surface area contributed by atoms with E-state index in [0.717, 1.165) is 30.8 Å². The Morgan fingerprint density at radius 2 is 2.06 bits per heavy atom. The van der Waals surface area contributed by atoms with Gasteiger partial charge in [-0.2, -0.15) is 0 Å². The summed E-state index contributed by atoms with van der Waals surface area (Å²) in [5.74, 6) is 0.527. The van der Waals surface area contributed by atoms with Crippen LogP contribution in [0.15, 0.2) is 18.2 Å². The van der Waals surface area contributed by atoms with E-state index in [1.165, 1.54) is 0 Å². The van der Waals surface area contributed by atoms with Crippen molar-refractivity contribution in [2.45, 2.75) is 33.9 Å². The molecule has 0 bridgehead atoms. The quantitative estimate of drug-likeness (QED) is 0.802. The number of halogens is 1. The summed E-state index contributed by atoms with van der Waals surface area (Å²) in [6.45, 7) is 9.82. The number of benzene rings is 1. The molecule has 2 nitrogen and oxygen atoms in total. The molecule has 0 amide bonds. The van der Waals surface area contributed by atoms with Crippen molar-refractivity contribution < 1.29 is 4.39 Å². The maximum Gasteiger partial charge on any atom is 0.127 e. The van der Waals surface area contributed by atoms with Gasteiger partial charge in [-0.1, -0.05) is 32.9 Å². The van der Waals surface area contributed by atoms with E-state index in [9.17, 15) is 4.39 Å². The number of rotatable bonds is 7. The van der Waals surface area contributed by atoms with E-state index in [1.54, 1.807) is 6.07 Å². The number of hydrogen-bond donors (Lipinski definition) is 1. The first-order valence-electron chi connectivity index (χ1n) is 6.69. The van der Waals surface area contributed by atoms with Gasteiger partial charge in [0.25, 0.3) is 0 Å². The van der Waals surface area contributed by atoms with Crippen LogP contribution in [0.2, 0.25) is 0 Å². The van der Waals surface area contributed by atoms with Crippen molar-refractivity contribution >= 4 is 0 Å². The largest absolute Gasteiger partial charge is 0.312 e. The Morgan fingerprint density at radius 1 is 1.33 bits per heavy atom. The summed E-state index contributed by atoms with van der Waals surface area (Å²) in [5.41, 5.74) is 1.93. The van der Waals surface area contributed by atoms with Gasteiger partial charge in [0, 0.05) is 18.7 Å². The molecule has 0 unspecified atom stereocenters. The summed E-state index contributed by atoms with van der Waals surface area (Å²) in [7, 11) is 2.00. The molecular formula is C15H25FN2. The molecule has 0 aliphatic heterocycles. The third kappa shape index (κ3) is 5.15. The van der Waals surface area contributed by atoms with Crippen LogP contribution >= 0.6 is 0 Å². The average Bonchev–Trinajstić information content (AvgIpc) is 2.32. The highest BCUT2D eigenvalue weighted by Crippen LogP contribution is 2.12. The standard InChI is InChI=1S/C15H25FN2/c1-5-18(4)11-14-8-13(6-7-15(14)16)10-17-9-12(2)3/h6-8,12,17H,5,9-11H2,1-4H3. The van der Waals surface area contributed by atoms with E-state index in [0.29, 0.717) is 12.5 Å². The molecule has 0 saturated carbocycles. The molecule has 0 saturated heterocycles. The third-order valence-corrected chi connectivity index (χ3v) is 2.97. The molecule has 102 valence electrons. The van der Waals surface area contributed by atoms with Crippen LogP contribution in [0.5, 0.6) is 0 Å². The highest BCUT2D eigenvalue weighted by Gasteiger charge is 2.06. The summed E-state index contributed by atoms with van der Waals surface area (Å²) in [4.78, 5) is 2.10. The maximum absolute atomic E-state index is 13.7. The van der Waals surface area contributed by atoms with Gasteiger partial charge in [-0.15, -0.1) is 0 Å². The van der Waals surface area contributed by atoms with Crippen LogP contribution in [-0.4, -0.2) is 25.0 Å². The molecule has 0 heterocycles. The fourth-order valence-corrected chi connectivity index (χ4v) is 1.77. The Hall–Kier alpha value is -0.930. The lowest BCUT2D eigenvalue weighted by Crippen LogP contribution is -2.20. The van der Waals surface area contributed by atoms with Crippen molar-refractivity contribution in [1.29, 1.82) is 0 Å². The zero-order valence-corrected chi connectivity index (χ0v) is 12.0. The first-order valence-corrected chi connectivity index (χ1v) is 6.69. The molecule has 1 aromatic rings. The lowest BCUT2D eigenvalue weighted by Gasteiger charge is -2.15. The Labute approximate surface area is 110 Å². The Morgan fingerprint density at radius 3 is 2.67 bits per heavy atom. The molecule has 1 N–H and O–H groups in total. The second-order valence-electron chi connectivity index (χ2n) is 5.28. The van der Waals surface area contributed by atoms with Gasteiger partial charge in [0.1, 0.15) is 5.82 Å². The summed E-state index contributed by atoms with van der Waals surface area (Å²) >= 11 is 0. The SMILES string of the molecule is CCN(C)Cc1cc(CNCC(C)C)ccc1F. The molecule has 1 aromatic carbocycles. The fourth-order valence-electron chi connectivity index (χ4n) is 1.77. The van der Waals surface area contributed by atoms with Crippen LogP contribution in [0.1, 0.15) is 31.9 Å². The monoisotopic (exact) mass is 252 g/mol. The summed E-state index contributed by atoms with van der Waals surface area (Å²) in [6.07, 6.45) is 0. The van der Waals surface area contributed by atoms with E-state index in [4.69, 9.17) is 0 Å². The zero-order valence-electron chi connectivity index (χ0n) is 12.0. The highest BCUT2D eigenvalue weighted by atomic mass is 19.1. The van der Waals surface area contributed by atoms with Crippen LogP contribution in [-0.2, 0) is 13.1 Å². The predicted molar refractivity (Wildman–Crippen MR) is 75.0 cm³/mol. The summed E-state index contributed by atoms with van der Waals surface area (Å²) in [5, 5.41) is 3.38. The molecule has 1 rings (SSSR count). The van der Waals surface area contributed by atoms with Crippen LogP contribution in [0, 0.1) is 11.7 Å². The molecule has 0 radical (unpaired) electrons. The van der Waals surface area contributed by atoms with Crippen LogP contribution in [0.3, 0.4) is 0 Å². The van der Waals surface area contributed by atoms with Gasteiger partial charge in [-0.05, 0) is 37.7 Å². The number of nitrogens with zero attached hydrogens (tertiary/aromatic N) is 1. The second kappa shape index (κ2) is 7.49. The summed E-state index contributed by atoms with van der Waals surface area (Å²) < 4.78 is 13.7. The Bertz CT molecular complexity index is 364. The van der Waals surface area contributed by atoms with E-state index in [1.807, 2.05) is 19.2 Å². The number of nitrogens with one attached hydrogen (secondary N) is 1. The van der Waals surface area contributed by atoms with E-state index < -0.39 is 0 Å². The topological polar surface area (TPSA) is 15.3 Å². The number of hydrogen-bond acceptors (Lipinski definition) is 2. The van der Waals surface area contributed by atoms with E-state index in [2.05, 4.69) is 31.0 Å². The van der Waals surface area contributed by atoms with Crippen molar-refractivity contribution in [1.82, 2.24) is 10.2 Å². The molecule has 0 fully saturated rings. The maximum atomic E-state index is 13.7. The molecule has 0 aliphatic rings. The van der Waals surface area contributed by atoms with Gasteiger partial charge in [0.15, 0.2) is 0 Å². The normalized spacial score (nSPS) is 11.5. The lowest BCUT2D eigenvalue weighted by molar-refractivity contribution is 0.339. The molecule has 0 atom stereocenters. The smallest absolute Gasteiger partial charge is 0.127 e. The van der Waals surface area contributed by atoms with Crippen molar-refractivity contribution in [2.75, 3.05) is 20.1 Å². The molecule has 0 aromatic heterocycles. The van der Waals surface area contributed by atoms with E-state index >= 15 is 0 Å². The van der Waals surface area contributed by atoms with Crippen molar-refractivity contribution in [2.24, 2.45) is 5.92 Å². The molecular weight excluding hydrogens is 227 g/mol. The molecule has 0 spiro atoms. The Balaban J connectivity index is 2.62.